The first-order chi connectivity index (χ1) is 14.6. The smallest absolute Gasteiger partial charge is 0.325 e. The highest BCUT2D eigenvalue weighted by molar-refractivity contribution is 8.17. The molecule has 5 atom stereocenters. The lowest BCUT2D eigenvalue weighted by Crippen LogP contribution is -2.51. The van der Waals surface area contributed by atoms with Crippen molar-refractivity contribution < 1.29 is 34.5 Å². The molecule has 0 spiro atoms. The van der Waals surface area contributed by atoms with Crippen LogP contribution >= 0.6 is 18.5 Å². The number of thiol groups is 1. The molecule has 1 aliphatic rings. The third-order valence-corrected chi connectivity index (χ3v) is 9.06. The molecule has 174 valence electrons. The van der Waals surface area contributed by atoms with Crippen LogP contribution in [0, 0.1) is 12.3 Å². The van der Waals surface area contributed by atoms with Gasteiger partial charge in [-0.2, -0.15) is 0 Å². The summed E-state index contributed by atoms with van der Waals surface area (Å²) in [7, 11) is -5.45. The van der Waals surface area contributed by atoms with Crippen molar-refractivity contribution in [3.8, 4) is 12.3 Å². The fourth-order valence-corrected chi connectivity index (χ4v) is 7.29. The number of benzene rings is 1. The number of terminal acetylenes is 1. The largest absolute Gasteiger partial charge is 0.390 e. The quantitative estimate of drug-likeness (QED) is 0.115. The van der Waals surface area contributed by atoms with Crippen LogP contribution in [-0.4, -0.2) is 73.2 Å². The monoisotopic (exact) mass is 474 g/mol. The minimum absolute atomic E-state index is 0.0308. The maximum Gasteiger partial charge on any atom is 0.325 e. The molecule has 9 nitrogen and oxygen atoms in total. The number of nitrogens with one attached hydrogen (secondary N) is 2. The van der Waals surface area contributed by atoms with Crippen LogP contribution in [0.15, 0.2) is 29.2 Å². The molecule has 1 saturated heterocycles. The van der Waals surface area contributed by atoms with Gasteiger partial charge < -0.3 is 35.7 Å². The van der Waals surface area contributed by atoms with E-state index in [0.717, 1.165) is 17.7 Å². The van der Waals surface area contributed by atoms with Crippen LogP contribution in [0.5, 0.6) is 0 Å². The lowest BCUT2D eigenvalue weighted by atomic mass is 10.0. The molecule has 1 aliphatic heterocycles. The highest BCUT2D eigenvalue weighted by Gasteiger charge is 2.42. The molecular formula is C20H31N2O7PS. The summed E-state index contributed by atoms with van der Waals surface area (Å²) in [6, 6.07) is 6.57. The van der Waals surface area contributed by atoms with E-state index in [1.807, 2.05) is 0 Å². The van der Waals surface area contributed by atoms with E-state index >= 15 is 0 Å². The van der Waals surface area contributed by atoms with Crippen LogP contribution in [0.2, 0.25) is 0 Å². The normalized spacial score (nSPS) is 27.3. The van der Waals surface area contributed by atoms with Crippen molar-refractivity contribution in [2.24, 2.45) is 0 Å². The third-order valence-electron chi connectivity index (χ3n) is 5.13. The number of aliphatic hydroxyl groups is 3. The number of amides is 2. The van der Waals surface area contributed by atoms with Gasteiger partial charge in [0.15, 0.2) is 0 Å². The maximum absolute atomic E-state index is 12.0. The Hall–Kier alpha value is -1.57. The van der Waals surface area contributed by atoms with Gasteiger partial charge in [0.2, 0.25) is 0 Å². The fourth-order valence-electron chi connectivity index (χ4n) is 3.47. The summed E-state index contributed by atoms with van der Waals surface area (Å²) in [6.45, 7) is 0.510. The molecule has 1 fully saturated rings. The van der Waals surface area contributed by atoms with Crippen molar-refractivity contribution in [3.05, 3.63) is 24.3 Å². The Morgan fingerprint density at radius 2 is 1.84 bits per heavy atom. The molecule has 0 aliphatic carbocycles. The number of hydrogen-bond acceptors (Lipinski definition) is 5. The lowest BCUT2D eigenvalue weighted by Gasteiger charge is -2.44. The van der Waals surface area contributed by atoms with Gasteiger partial charge in [-0.1, -0.05) is 0 Å². The average molecular weight is 475 g/mol. The van der Waals surface area contributed by atoms with E-state index in [9.17, 15) is 34.5 Å². The van der Waals surface area contributed by atoms with Crippen LogP contribution in [0.3, 0.4) is 0 Å². The zero-order valence-electron chi connectivity index (χ0n) is 17.1. The Kier molecular flexibility index (Phi) is 9.85. The van der Waals surface area contributed by atoms with Gasteiger partial charge in [-0.25, -0.2) is 15.7 Å². The predicted octanol–water partition coefficient (Wildman–Crippen LogP) is 1.00. The number of carbonyl (C=O) groups excluding carboxylic acids is 1. The van der Waals surface area contributed by atoms with E-state index in [-0.39, 0.29) is 18.2 Å². The first-order valence-corrected chi connectivity index (χ1v) is 13.5. The third kappa shape index (κ3) is 8.13. The van der Waals surface area contributed by atoms with Gasteiger partial charge in [0.05, 0.1) is 18.4 Å². The van der Waals surface area contributed by atoms with Gasteiger partial charge in [0, 0.05) is 29.7 Å². The zero-order chi connectivity index (χ0) is 23.0. The summed E-state index contributed by atoms with van der Waals surface area (Å²) in [5, 5.41) is 35.5. The Morgan fingerprint density at radius 3 is 2.45 bits per heavy atom. The molecule has 1 unspecified atom stereocenters. The first kappa shape index (κ1) is 25.7. The SMILES string of the molecule is C#CCCCCNC(=O)Nc1ccc([SH]2C[C@@H](O)[C@H](O)[C@H](O)[C@@H]2CCP(=O)(O)O)cc1. The zero-order valence-corrected chi connectivity index (χ0v) is 18.9. The molecule has 0 aromatic heterocycles. The van der Waals surface area contributed by atoms with E-state index in [1.54, 1.807) is 24.3 Å². The number of urea groups is 1. The number of aliphatic hydroxyl groups excluding tert-OH is 3. The van der Waals surface area contributed by atoms with E-state index in [1.165, 1.54) is 0 Å². The Bertz CT molecular complexity index is 811. The summed E-state index contributed by atoms with van der Waals surface area (Å²) in [5.74, 6) is 2.76. The fraction of sp³-hybridized carbons (Fsp3) is 0.550. The van der Waals surface area contributed by atoms with Crippen molar-refractivity contribution in [3.63, 3.8) is 0 Å². The molecule has 0 saturated carbocycles. The van der Waals surface area contributed by atoms with Crippen molar-refractivity contribution in [2.45, 2.75) is 54.1 Å². The first-order valence-electron chi connectivity index (χ1n) is 10.1. The van der Waals surface area contributed by atoms with Crippen molar-refractivity contribution in [2.75, 3.05) is 23.8 Å². The number of carbonyl (C=O) groups is 1. The number of rotatable bonds is 9. The second-order valence-electron chi connectivity index (χ2n) is 7.53. The Labute approximate surface area is 184 Å². The summed E-state index contributed by atoms with van der Waals surface area (Å²) in [6.07, 6.45) is 3.35. The number of hydrogen-bond donors (Lipinski definition) is 8. The van der Waals surface area contributed by atoms with E-state index in [4.69, 9.17) is 6.42 Å². The lowest BCUT2D eigenvalue weighted by molar-refractivity contribution is -0.0561. The summed E-state index contributed by atoms with van der Waals surface area (Å²) in [4.78, 5) is 31.2. The topological polar surface area (TPSA) is 159 Å². The van der Waals surface area contributed by atoms with Gasteiger partial charge in [0.1, 0.15) is 6.10 Å². The molecule has 0 radical (unpaired) electrons. The van der Waals surface area contributed by atoms with E-state index in [0.29, 0.717) is 18.7 Å². The van der Waals surface area contributed by atoms with Gasteiger partial charge in [-0.3, -0.25) is 4.57 Å². The van der Waals surface area contributed by atoms with Crippen molar-refractivity contribution >= 4 is 30.2 Å². The summed E-state index contributed by atoms with van der Waals surface area (Å²) in [5.41, 5.74) is 0.560. The molecule has 11 heteroatoms. The van der Waals surface area contributed by atoms with Crippen molar-refractivity contribution in [1.29, 1.82) is 0 Å². The molecule has 7 N–H and O–H groups in total. The number of unbranched alkanes of at least 4 members (excludes halogenated alkanes) is 2. The van der Waals surface area contributed by atoms with Crippen LogP contribution in [0.1, 0.15) is 25.7 Å². The second kappa shape index (κ2) is 11.9. The van der Waals surface area contributed by atoms with Crippen molar-refractivity contribution in [1.82, 2.24) is 5.32 Å². The highest BCUT2D eigenvalue weighted by Crippen LogP contribution is 2.50. The second-order valence-corrected chi connectivity index (χ2v) is 11.8. The minimum atomic E-state index is -4.26. The summed E-state index contributed by atoms with van der Waals surface area (Å²) >= 11 is 0. The van der Waals surface area contributed by atoms with Crippen LogP contribution in [0.4, 0.5) is 10.5 Å². The number of anilines is 1. The van der Waals surface area contributed by atoms with Gasteiger partial charge in [-0.05, 0) is 48.4 Å². The maximum atomic E-state index is 12.0. The van der Waals surface area contributed by atoms with E-state index < -0.39 is 48.2 Å². The molecule has 1 heterocycles. The predicted molar refractivity (Wildman–Crippen MR) is 122 cm³/mol. The van der Waals surface area contributed by atoms with Gasteiger partial charge >= 0.3 is 13.6 Å². The van der Waals surface area contributed by atoms with Crippen LogP contribution in [-0.2, 0) is 4.57 Å². The highest BCUT2D eigenvalue weighted by atomic mass is 32.2. The average Bonchev–Trinajstić information content (AvgIpc) is 2.71. The van der Waals surface area contributed by atoms with Crippen LogP contribution in [0.25, 0.3) is 0 Å². The van der Waals surface area contributed by atoms with Gasteiger partial charge in [0.25, 0.3) is 0 Å². The van der Waals surface area contributed by atoms with Crippen LogP contribution < -0.4 is 10.6 Å². The molecule has 2 rings (SSSR count). The molecule has 0 bridgehead atoms. The minimum Gasteiger partial charge on any atom is -0.390 e. The Balaban J connectivity index is 2.01. The molecular weight excluding hydrogens is 443 g/mol. The molecule has 1 aromatic carbocycles. The molecule has 1 aromatic rings. The summed E-state index contributed by atoms with van der Waals surface area (Å²) < 4.78 is 11.3. The van der Waals surface area contributed by atoms with Gasteiger partial charge in [-0.15, -0.1) is 12.3 Å². The standard InChI is InChI=1S/C20H31N2O7PS/c1-2-3-4-5-11-21-20(26)22-14-6-8-15(9-7-14)31-13-16(23)18(24)19(25)17(31)10-12-30(27,28)29/h1,6-9,16-19,23-25,31H,3-5,10-13H2,(H2,21,22,26)(H2,27,28,29)/t16-,17+,18+,19-/m1/s1. The van der Waals surface area contributed by atoms with E-state index in [2.05, 4.69) is 16.6 Å². The molecule has 2 amide bonds. The Morgan fingerprint density at radius 1 is 1.16 bits per heavy atom. The molecule has 31 heavy (non-hydrogen) atoms.